The van der Waals surface area contributed by atoms with Gasteiger partial charge in [0.05, 0.1) is 19.7 Å². The first kappa shape index (κ1) is 20.5. The van der Waals surface area contributed by atoms with Crippen LogP contribution in [0.3, 0.4) is 0 Å². The van der Waals surface area contributed by atoms with E-state index >= 15 is 0 Å². The van der Waals surface area contributed by atoms with Crippen LogP contribution in [0.4, 0.5) is 0 Å². The summed E-state index contributed by atoms with van der Waals surface area (Å²) in [7, 11) is 3.08. The highest BCUT2D eigenvalue weighted by Crippen LogP contribution is 2.32. The van der Waals surface area contributed by atoms with Crippen LogP contribution in [0.1, 0.15) is 16.7 Å². The maximum atomic E-state index is 12.8. The Balaban J connectivity index is 1.73. The van der Waals surface area contributed by atoms with Gasteiger partial charge in [0.1, 0.15) is 35.1 Å². The highest BCUT2D eigenvalue weighted by atomic mass is 16.5. The van der Waals surface area contributed by atoms with Crippen molar-refractivity contribution in [3.63, 3.8) is 0 Å². The Bertz CT molecular complexity index is 1270. The number of fused-ring (bicyclic) bond motifs is 1. The second-order valence-electron chi connectivity index (χ2n) is 7.35. The Morgan fingerprint density at radius 2 is 1.65 bits per heavy atom. The lowest BCUT2D eigenvalue weighted by molar-refractivity contribution is 0.302. The first-order valence-electron chi connectivity index (χ1n) is 9.94. The maximum Gasteiger partial charge on any atom is 0.262 e. The molecule has 0 spiro atoms. The van der Waals surface area contributed by atoms with Gasteiger partial charge in [0.15, 0.2) is 0 Å². The Morgan fingerprint density at radius 3 is 2.29 bits per heavy atom. The molecule has 4 rings (SSSR count). The summed E-state index contributed by atoms with van der Waals surface area (Å²) in [5.41, 5.74) is 4.10. The number of hydrogen-bond donors (Lipinski definition) is 1. The minimum atomic E-state index is -0.265. The van der Waals surface area contributed by atoms with Crippen LogP contribution in [0.5, 0.6) is 17.2 Å². The Morgan fingerprint density at radius 1 is 0.935 bits per heavy atom. The molecule has 31 heavy (non-hydrogen) atoms. The molecule has 6 nitrogen and oxygen atoms in total. The summed E-state index contributed by atoms with van der Waals surface area (Å²) >= 11 is 0. The normalized spacial score (nSPS) is 10.8. The summed E-state index contributed by atoms with van der Waals surface area (Å²) in [6, 6.07) is 17.4. The third-order valence-electron chi connectivity index (χ3n) is 5.16. The SMILES string of the molecule is COc1cc(OC)c2c(=O)[nH]c(-c3cc(C)c(OCc4ccccc4)c(C)c3)nc2c1. The van der Waals surface area contributed by atoms with E-state index in [0.29, 0.717) is 34.8 Å². The van der Waals surface area contributed by atoms with Crippen molar-refractivity contribution in [2.45, 2.75) is 20.5 Å². The molecule has 0 fully saturated rings. The molecule has 0 saturated carbocycles. The number of aromatic amines is 1. The maximum absolute atomic E-state index is 12.8. The van der Waals surface area contributed by atoms with Crippen molar-refractivity contribution < 1.29 is 14.2 Å². The van der Waals surface area contributed by atoms with Crippen molar-refractivity contribution in [2.24, 2.45) is 0 Å². The highest BCUT2D eigenvalue weighted by Gasteiger charge is 2.15. The fourth-order valence-electron chi connectivity index (χ4n) is 3.67. The van der Waals surface area contributed by atoms with Gasteiger partial charge in [-0.1, -0.05) is 30.3 Å². The summed E-state index contributed by atoms with van der Waals surface area (Å²) in [6.45, 7) is 4.47. The van der Waals surface area contributed by atoms with Crippen molar-refractivity contribution in [1.82, 2.24) is 9.97 Å². The molecule has 3 aromatic carbocycles. The van der Waals surface area contributed by atoms with Gasteiger partial charge in [-0.25, -0.2) is 4.98 Å². The second kappa shape index (κ2) is 8.52. The summed E-state index contributed by atoms with van der Waals surface area (Å²) < 4.78 is 16.7. The number of nitrogens with zero attached hydrogens (tertiary/aromatic N) is 1. The zero-order chi connectivity index (χ0) is 22.0. The molecule has 0 unspecified atom stereocenters. The van der Waals surface area contributed by atoms with Gasteiger partial charge in [-0.15, -0.1) is 0 Å². The Kier molecular flexibility index (Phi) is 5.62. The van der Waals surface area contributed by atoms with E-state index in [-0.39, 0.29) is 5.56 Å². The molecule has 0 aliphatic carbocycles. The molecular weight excluding hydrogens is 392 g/mol. The molecule has 1 aromatic heterocycles. The van der Waals surface area contributed by atoms with E-state index in [1.54, 1.807) is 19.2 Å². The molecule has 0 bridgehead atoms. The highest BCUT2D eigenvalue weighted by molar-refractivity contribution is 5.87. The van der Waals surface area contributed by atoms with Gasteiger partial charge >= 0.3 is 0 Å². The minimum absolute atomic E-state index is 0.265. The first-order chi connectivity index (χ1) is 15.0. The molecule has 0 amide bonds. The van der Waals surface area contributed by atoms with Gasteiger partial charge in [0.2, 0.25) is 0 Å². The number of hydrogen-bond acceptors (Lipinski definition) is 5. The standard InChI is InChI=1S/C25H24N2O4/c1-15-10-18(11-16(2)23(15)31-14-17-8-6-5-7-9-17)24-26-20-12-19(29-3)13-21(30-4)22(20)25(28)27-24/h5-13H,14H2,1-4H3,(H,26,27,28). The number of rotatable bonds is 6. The molecule has 0 aliphatic heterocycles. The van der Waals surface area contributed by atoms with Gasteiger partial charge < -0.3 is 19.2 Å². The smallest absolute Gasteiger partial charge is 0.262 e. The minimum Gasteiger partial charge on any atom is -0.497 e. The van der Waals surface area contributed by atoms with Crippen LogP contribution < -0.4 is 19.8 Å². The topological polar surface area (TPSA) is 73.4 Å². The number of nitrogens with one attached hydrogen (secondary N) is 1. The number of H-pyrrole nitrogens is 1. The van der Waals surface area contributed by atoms with Gasteiger partial charge in [0, 0.05) is 17.7 Å². The number of benzene rings is 3. The number of ether oxygens (including phenoxy) is 3. The Hall–Kier alpha value is -3.80. The monoisotopic (exact) mass is 416 g/mol. The van der Waals surface area contributed by atoms with Crippen molar-refractivity contribution in [3.05, 3.63) is 81.6 Å². The molecule has 158 valence electrons. The number of aromatic nitrogens is 2. The van der Waals surface area contributed by atoms with Crippen LogP contribution >= 0.6 is 0 Å². The van der Waals surface area contributed by atoms with Crippen molar-refractivity contribution >= 4 is 10.9 Å². The summed E-state index contributed by atoms with van der Waals surface area (Å²) in [4.78, 5) is 20.4. The number of methoxy groups -OCH3 is 2. The summed E-state index contributed by atoms with van der Waals surface area (Å²) in [5.74, 6) is 2.31. The van der Waals surface area contributed by atoms with Crippen LogP contribution in [-0.2, 0) is 6.61 Å². The first-order valence-corrected chi connectivity index (χ1v) is 9.94. The molecule has 0 atom stereocenters. The van der Waals surface area contributed by atoms with Crippen molar-refractivity contribution in [1.29, 1.82) is 0 Å². The average molecular weight is 416 g/mol. The predicted octanol–water partition coefficient (Wildman–Crippen LogP) is 4.80. The largest absolute Gasteiger partial charge is 0.497 e. The van der Waals surface area contributed by atoms with E-state index in [1.165, 1.54) is 7.11 Å². The quantitative estimate of drug-likeness (QED) is 0.489. The fraction of sp³-hybridized carbons (Fsp3) is 0.200. The lowest BCUT2D eigenvalue weighted by atomic mass is 10.0. The molecule has 4 aromatic rings. The third-order valence-corrected chi connectivity index (χ3v) is 5.16. The zero-order valence-corrected chi connectivity index (χ0v) is 18.0. The van der Waals surface area contributed by atoms with E-state index < -0.39 is 0 Å². The summed E-state index contributed by atoms with van der Waals surface area (Å²) in [6.07, 6.45) is 0. The van der Waals surface area contributed by atoms with E-state index in [4.69, 9.17) is 14.2 Å². The lowest BCUT2D eigenvalue weighted by Crippen LogP contribution is -2.11. The number of aryl methyl sites for hydroxylation is 2. The van der Waals surface area contributed by atoms with Crippen LogP contribution in [0.15, 0.2) is 59.4 Å². The molecule has 6 heteroatoms. The lowest BCUT2D eigenvalue weighted by Gasteiger charge is -2.14. The van der Waals surface area contributed by atoms with Gasteiger partial charge in [-0.2, -0.15) is 0 Å². The van der Waals surface area contributed by atoms with Gasteiger partial charge in [-0.05, 0) is 42.7 Å². The van der Waals surface area contributed by atoms with Crippen molar-refractivity contribution in [2.75, 3.05) is 14.2 Å². The fourth-order valence-corrected chi connectivity index (χ4v) is 3.67. The third kappa shape index (κ3) is 4.10. The molecule has 0 radical (unpaired) electrons. The van der Waals surface area contributed by atoms with Crippen LogP contribution in [0.25, 0.3) is 22.3 Å². The van der Waals surface area contributed by atoms with Crippen LogP contribution in [-0.4, -0.2) is 24.2 Å². The van der Waals surface area contributed by atoms with E-state index in [0.717, 1.165) is 28.0 Å². The van der Waals surface area contributed by atoms with Crippen LogP contribution in [0, 0.1) is 13.8 Å². The van der Waals surface area contributed by atoms with E-state index in [9.17, 15) is 4.79 Å². The van der Waals surface area contributed by atoms with Crippen molar-refractivity contribution in [3.8, 4) is 28.6 Å². The van der Waals surface area contributed by atoms with E-state index in [2.05, 4.69) is 9.97 Å². The predicted molar refractivity (Wildman–Crippen MR) is 121 cm³/mol. The second-order valence-corrected chi connectivity index (χ2v) is 7.35. The molecule has 0 saturated heterocycles. The molecular formula is C25H24N2O4. The molecule has 1 N–H and O–H groups in total. The molecule has 0 aliphatic rings. The zero-order valence-electron chi connectivity index (χ0n) is 18.0. The summed E-state index contributed by atoms with van der Waals surface area (Å²) in [5, 5.41) is 0.392. The van der Waals surface area contributed by atoms with Gasteiger partial charge in [-0.3, -0.25) is 4.79 Å². The Labute approximate surface area is 180 Å². The van der Waals surface area contributed by atoms with Gasteiger partial charge in [0.25, 0.3) is 5.56 Å². The average Bonchev–Trinajstić information content (AvgIpc) is 2.78. The van der Waals surface area contributed by atoms with Crippen LogP contribution in [0.2, 0.25) is 0 Å². The molecule has 1 heterocycles. The van der Waals surface area contributed by atoms with E-state index in [1.807, 2.05) is 56.3 Å².